The van der Waals surface area contributed by atoms with Crippen molar-refractivity contribution in [3.05, 3.63) is 64.3 Å². The number of carbonyl (C=O) groups is 1. The summed E-state index contributed by atoms with van der Waals surface area (Å²) < 4.78 is 5.47. The zero-order valence-electron chi connectivity index (χ0n) is 17.0. The van der Waals surface area contributed by atoms with Crippen LogP contribution in [0.25, 0.3) is 21.3 Å². The average Bonchev–Trinajstić information content (AvgIpc) is 3.55. The predicted molar refractivity (Wildman–Crippen MR) is 121 cm³/mol. The standard InChI is InChI=1S/C22H21N5O2S2/c1-15-5-2-3-6-16(15)20-24-19(29-25-20)14-26-8-10-27(11-9-26)22(28)18-13-23-21(31-18)17-7-4-12-30-17/h2-7,12-13H,8-11,14H2,1H3. The third-order valence-electron chi connectivity index (χ3n) is 5.32. The Balaban J connectivity index is 1.18. The molecule has 5 rings (SSSR count). The Hall–Kier alpha value is -2.88. The first kappa shape index (κ1) is 20.0. The second-order valence-corrected chi connectivity index (χ2v) is 9.38. The Bertz CT molecular complexity index is 1180. The van der Waals surface area contributed by atoms with Crippen LogP contribution < -0.4 is 0 Å². The molecule has 0 N–H and O–H groups in total. The molecule has 31 heavy (non-hydrogen) atoms. The van der Waals surface area contributed by atoms with E-state index in [1.165, 1.54) is 11.3 Å². The number of amides is 1. The molecule has 0 bridgehead atoms. The zero-order valence-corrected chi connectivity index (χ0v) is 18.7. The van der Waals surface area contributed by atoms with E-state index in [0.717, 1.165) is 34.1 Å². The maximum absolute atomic E-state index is 12.9. The van der Waals surface area contributed by atoms with Gasteiger partial charge in [-0.25, -0.2) is 4.98 Å². The number of carbonyl (C=O) groups excluding carboxylic acids is 1. The molecule has 1 amide bonds. The third-order valence-corrected chi connectivity index (χ3v) is 7.35. The number of aryl methyl sites for hydroxylation is 1. The van der Waals surface area contributed by atoms with E-state index in [2.05, 4.69) is 20.0 Å². The van der Waals surface area contributed by atoms with Gasteiger partial charge in [0.25, 0.3) is 5.91 Å². The van der Waals surface area contributed by atoms with Gasteiger partial charge < -0.3 is 9.42 Å². The smallest absolute Gasteiger partial charge is 0.265 e. The van der Waals surface area contributed by atoms with Gasteiger partial charge in [0.2, 0.25) is 11.7 Å². The molecule has 1 aliphatic heterocycles. The molecule has 1 aliphatic rings. The fraction of sp³-hybridized carbons (Fsp3) is 0.273. The van der Waals surface area contributed by atoms with Crippen molar-refractivity contribution in [3.8, 4) is 21.3 Å². The van der Waals surface area contributed by atoms with Gasteiger partial charge in [0.1, 0.15) is 9.88 Å². The summed E-state index contributed by atoms with van der Waals surface area (Å²) in [5.74, 6) is 1.27. The molecule has 1 saturated heterocycles. The quantitative estimate of drug-likeness (QED) is 0.453. The minimum Gasteiger partial charge on any atom is -0.338 e. The van der Waals surface area contributed by atoms with Gasteiger partial charge >= 0.3 is 0 Å². The Kier molecular flexibility index (Phi) is 5.63. The first-order valence-corrected chi connectivity index (χ1v) is 11.8. The molecule has 1 aromatic carbocycles. The fourth-order valence-electron chi connectivity index (χ4n) is 3.60. The van der Waals surface area contributed by atoms with Crippen LogP contribution in [-0.2, 0) is 6.54 Å². The maximum atomic E-state index is 12.9. The van der Waals surface area contributed by atoms with E-state index < -0.39 is 0 Å². The van der Waals surface area contributed by atoms with E-state index in [1.807, 2.05) is 53.6 Å². The summed E-state index contributed by atoms with van der Waals surface area (Å²) in [7, 11) is 0. The van der Waals surface area contributed by atoms with Crippen molar-refractivity contribution < 1.29 is 9.32 Å². The summed E-state index contributed by atoms with van der Waals surface area (Å²) in [5, 5.41) is 7.06. The van der Waals surface area contributed by atoms with Crippen molar-refractivity contribution >= 4 is 28.6 Å². The molecule has 4 heterocycles. The molecule has 0 unspecified atom stereocenters. The lowest BCUT2D eigenvalue weighted by Crippen LogP contribution is -2.48. The number of piperazine rings is 1. The third kappa shape index (κ3) is 4.30. The van der Waals surface area contributed by atoms with Crippen molar-refractivity contribution in [3.63, 3.8) is 0 Å². The normalized spacial score (nSPS) is 14.8. The number of benzene rings is 1. The minimum atomic E-state index is 0.0552. The topological polar surface area (TPSA) is 75.4 Å². The number of rotatable bonds is 5. The van der Waals surface area contributed by atoms with Gasteiger partial charge in [-0.05, 0) is 23.9 Å². The monoisotopic (exact) mass is 451 g/mol. The first-order valence-electron chi connectivity index (χ1n) is 10.1. The van der Waals surface area contributed by atoms with E-state index in [9.17, 15) is 4.79 Å². The molecule has 4 aromatic rings. The Morgan fingerprint density at radius 3 is 2.74 bits per heavy atom. The van der Waals surface area contributed by atoms with Crippen LogP contribution in [0.5, 0.6) is 0 Å². The summed E-state index contributed by atoms with van der Waals surface area (Å²) in [6, 6.07) is 12.0. The summed E-state index contributed by atoms with van der Waals surface area (Å²) in [6.45, 7) is 5.50. The fourth-order valence-corrected chi connectivity index (χ4v) is 5.28. The molecule has 158 valence electrons. The van der Waals surface area contributed by atoms with Crippen LogP contribution >= 0.6 is 22.7 Å². The van der Waals surface area contributed by atoms with Crippen molar-refractivity contribution in [2.75, 3.05) is 26.2 Å². The van der Waals surface area contributed by atoms with Crippen LogP contribution in [0.15, 0.2) is 52.5 Å². The number of nitrogens with zero attached hydrogens (tertiary/aromatic N) is 5. The zero-order chi connectivity index (χ0) is 21.2. The van der Waals surface area contributed by atoms with Gasteiger partial charge in [-0.1, -0.05) is 35.5 Å². The van der Waals surface area contributed by atoms with Crippen molar-refractivity contribution in [1.82, 2.24) is 24.9 Å². The van der Waals surface area contributed by atoms with Gasteiger partial charge in [-0.15, -0.1) is 22.7 Å². The number of hydrogen-bond donors (Lipinski definition) is 0. The van der Waals surface area contributed by atoms with E-state index in [0.29, 0.717) is 36.2 Å². The van der Waals surface area contributed by atoms with Crippen molar-refractivity contribution in [2.45, 2.75) is 13.5 Å². The van der Waals surface area contributed by atoms with Gasteiger partial charge in [0.05, 0.1) is 17.6 Å². The largest absolute Gasteiger partial charge is 0.338 e. The van der Waals surface area contributed by atoms with E-state index in [4.69, 9.17) is 4.52 Å². The maximum Gasteiger partial charge on any atom is 0.265 e. The van der Waals surface area contributed by atoms with Crippen molar-refractivity contribution in [1.29, 1.82) is 0 Å². The number of aromatic nitrogens is 3. The first-order chi connectivity index (χ1) is 15.2. The minimum absolute atomic E-state index is 0.0552. The summed E-state index contributed by atoms with van der Waals surface area (Å²) in [6.07, 6.45) is 1.69. The highest BCUT2D eigenvalue weighted by Crippen LogP contribution is 2.29. The van der Waals surface area contributed by atoms with Crippen LogP contribution in [0, 0.1) is 6.92 Å². The highest BCUT2D eigenvalue weighted by atomic mass is 32.1. The molecule has 3 aromatic heterocycles. The highest BCUT2D eigenvalue weighted by Gasteiger charge is 2.25. The van der Waals surface area contributed by atoms with Crippen LogP contribution in [0.3, 0.4) is 0 Å². The predicted octanol–water partition coefficient (Wildman–Crippen LogP) is 4.19. The second-order valence-electron chi connectivity index (χ2n) is 7.40. The second kappa shape index (κ2) is 8.70. The molecule has 0 radical (unpaired) electrons. The molecule has 0 saturated carbocycles. The molecular weight excluding hydrogens is 430 g/mol. The molecule has 7 nitrogen and oxygen atoms in total. The van der Waals surface area contributed by atoms with Crippen LogP contribution in [0.1, 0.15) is 21.1 Å². The Labute approximate surface area is 188 Å². The van der Waals surface area contributed by atoms with Gasteiger partial charge in [0, 0.05) is 31.7 Å². The molecule has 0 aliphatic carbocycles. The average molecular weight is 452 g/mol. The number of thiazole rings is 1. The highest BCUT2D eigenvalue weighted by molar-refractivity contribution is 7.21. The molecule has 0 atom stereocenters. The molecule has 1 fully saturated rings. The SMILES string of the molecule is Cc1ccccc1-c1noc(CN2CCN(C(=O)c3cnc(-c4cccs4)s3)CC2)n1. The van der Waals surface area contributed by atoms with E-state index in [-0.39, 0.29) is 5.91 Å². The molecule has 9 heteroatoms. The summed E-state index contributed by atoms with van der Waals surface area (Å²) >= 11 is 3.09. The molecular formula is C22H21N5O2S2. The Morgan fingerprint density at radius 2 is 1.97 bits per heavy atom. The molecule has 0 spiro atoms. The van der Waals surface area contributed by atoms with Crippen LogP contribution in [0.2, 0.25) is 0 Å². The number of thiophene rings is 1. The summed E-state index contributed by atoms with van der Waals surface area (Å²) in [5.41, 5.74) is 2.10. The van der Waals surface area contributed by atoms with Crippen molar-refractivity contribution in [2.24, 2.45) is 0 Å². The number of hydrogen-bond acceptors (Lipinski definition) is 8. The van der Waals surface area contributed by atoms with E-state index in [1.54, 1.807) is 17.5 Å². The van der Waals surface area contributed by atoms with Gasteiger partial charge in [0.15, 0.2) is 0 Å². The summed E-state index contributed by atoms with van der Waals surface area (Å²) in [4.78, 5) is 27.8. The Morgan fingerprint density at radius 1 is 1.13 bits per heavy atom. The van der Waals surface area contributed by atoms with E-state index >= 15 is 0 Å². The lowest BCUT2D eigenvalue weighted by molar-refractivity contribution is 0.0619. The van der Waals surface area contributed by atoms with Gasteiger partial charge in [-0.2, -0.15) is 4.98 Å². The lowest BCUT2D eigenvalue weighted by Gasteiger charge is -2.33. The van der Waals surface area contributed by atoms with Gasteiger partial charge in [-0.3, -0.25) is 9.69 Å². The van der Waals surface area contributed by atoms with Crippen LogP contribution in [-0.4, -0.2) is 57.0 Å². The lowest BCUT2D eigenvalue weighted by atomic mass is 10.1. The van der Waals surface area contributed by atoms with Crippen LogP contribution in [0.4, 0.5) is 0 Å².